The molecule has 1 amide bonds. The van der Waals surface area contributed by atoms with Gasteiger partial charge in [-0.3, -0.25) is 4.79 Å². The van der Waals surface area contributed by atoms with Crippen LogP contribution in [0.15, 0.2) is 48.5 Å². The van der Waals surface area contributed by atoms with E-state index in [1.54, 1.807) is 38.3 Å². The summed E-state index contributed by atoms with van der Waals surface area (Å²) < 4.78 is 5.09. The highest BCUT2D eigenvalue weighted by Gasteiger charge is 2.23. The van der Waals surface area contributed by atoms with Crippen LogP contribution in [0.1, 0.15) is 31.1 Å². The molecule has 0 spiro atoms. The van der Waals surface area contributed by atoms with E-state index in [1.165, 1.54) is 5.56 Å². The third-order valence-electron chi connectivity index (χ3n) is 3.97. The average Bonchev–Trinajstić information content (AvgIpc) is 2.61. The maximum atomic E-state index is 12.3. The largest absolute Gasteiger partial charge is 0.497 e. The lowest BCUT2D eigenvalue weighted by atomic mass is 9.96. The molecule has 0 heterocycles. The summed E-state index contributed by atoms with van der Waals surface area (Å²) >= 11 is 0. The van der Waals surface area contributed by atoms with Gasteiger partial charge in [-0.15, -0.1) is 0 Å². The van der Waals surface area contributed by atoms with Crippen LogP contribution < -0.4 is 10.1 Å². The number of aliphatic hydroxyl groups excluding tert-OH is 1. The van der Waals surface area contributed by atoms with Gasteiger partial charge < -0.3 is 15.2 Å². The molecule has 0 saturated heterocycles. The van der Waals surface area contributed by atoms with Crippen LogP contribution in [0.25, 0.3) is 0 Å². The number of carbonyl (C=O) groups is 1. The number of carbonyl (C=O) groups excluding carboxylic acids is 1. The molecular weight excluding hydrogens is 290 g/mol. The summed E-state index contributed by atoms with van der Waals surface area (Å²) in [5, 5.41) is 13.2. The Bertz CT molecular complexity index is 635. The van der Waals surface area contributed by atoms with Crippen molar-refractivity contribution in [2.24, 2.45) is 5.92 Å². The van der Waals surface area contributed by atoms with Crippen molar-refractivity contribution in [1.29, 1.82) is 0 Å². The Hall–Kier alpha value is -2.33. The minimum Gasteiger partial charge on any atom is -0.497 e. The molecular formula is C19H23NO3. The predicted molar refractivity (Wildman–Crippen MR) is 91.6 cm³/mol. The molecule has 0 bridgehead atoms. The van der Waals surface area contributed by atoms with Crippen LogP contribution in [0.2, 0.25) is 0 Å². The van der Waals surface area contributed by atoms with Crippen LogP contribution in [0.4, 0.5) is 5.69 Å². The summed E-state index contributed by atoms with van der Waals surface area (Å²) in [5.41, 5.74) is 2.64. The van der Waals surface area contributed by atoms with E-state index in [-0.39, 0.29) is 5.91 Å². The fourth-order valence-corrected chi connectivity index (χ4v) is 2.31. The number of amides is 1. The molecule has 0 aromatic heterocycles. The zero-order valence-corrected chi connectivity index (χ0v) is 13.7. The molecule has 23 heavy (non-hydrogen) atoms. The molecule has 0 radical (unpaired) electrons. The second-order valence-electron chi connectivity index (χ2n) is 5.55. The molecule has 2 rings (SSSR count). The van der Waals surface area contributed by atoms with E-state index >= 15 is 0 Å². The van der Waals surface area contributed by atoms with Gasteiger partial charge in [-0.2, -0.15) is 0 Å². The predicted octanol–water partition coefficient (Wildman–Crippen LogP) is 3.57. The summed E-state index contributed by atoms with van der Waals surface area (Å²) in [6.45, 7) is 3.80. The lowest BCUT2D eigenvalue weighted by molar-refractivity contribution is -0.122. The van der Waals surface area contributed by atoms with Gasteiger partial charge >= 0.3 is 0 Å². The van der Waals surface area contributed by atoms with Gasteiger partial charge in [-0.1, -0.05) is 38.1 Å². The molecule has 2 aromatic rings. The molecule has 0 saturated carbocycles. The molecule has 2 aromatic carbocycles. The highest BCUT2D eigenvalue weighted by atomic mass is 16.5. The van der Waals surface area contributed by atoms with Gasteiger partial charge in [0.05, 0.1) is 19.1 Å². The number of hydrogen-bond donors (Lipinski definition) is 2. The number of aryl methyl sites for hydroxylation is 1. The zero-order chi connectivity index (χ0) is 16.8. The van der Waals surface area contributed by atoms with Gasteiger partial charge in [-0.25, -0.2) is 0 Å². The fourth-order valence-electron chi connectivity index (χ4n) is 2.31. The van der Waals surface area contributed by atoms with Gasteiger partial charge in [0.15, 0.2) is 0 Å². The monoisotopic (exact) mass is 313 g/mol. The first kappa shape index (κ1) is 17.0. The van der Waals surface area contributed by atoms with Crippen LogP contribution in [-0.4, -0.2) is 18.1 Å². The number of nitrogens with one attached hydrogen (secondary N) is 1. The molecule has 0 unspecified atom stereocenters. The number of aliphatic hydroxyl groups is 1. The summed E-state index contributed by atoms with van der Waals surface area (Å²) in [5.74, 6) is -0.0547. The summed E-state index contributed by atoms with van der Waals surface area (Å²) in [7, 11) is 1.59. The first-order chi connectivity index (χ1) is 11.0. The van der Waals surface area contributed by atoms with Crippen LogP contribution in [0, 0.1) is 5.92 Å². The van der Waals surface area contributed by atoms with Crippen molar-refractivity contribution < 1.29 is 14.6 Å². The molecule has 4 heteroatoms. The highest BCUT2D eigenvalue weighted by Crippen LogP contribution is 2.25. The number of hydrogen-bond acceptors (Lipinski definition) is 3. The normalized spacial score (nSPS) is 13.2. The van der Waals surface area contributed by atoms with Crippen LogP contribution >= 0.6 is 0 Å². The SMILES string of the molecule is CCc1ccc(NC(=O)[C@H](C)[C@@H](O)c2ccc(OC)cc2)cc1. The van der Waals surface area contributed by atoms with Crippen molar-refractivity contribution in [2.75, 3.05) is 12.4 Å². The second kappa shape index (κ2) is 7.79. The van der Waals surface area contributed by atoms with E-state index in [0.717, 1.165) is 12.1 Å². The van der Waals surface area contributed by atoms with E-state index in [4.69, 9.17) is 4.74 Å². The fraction of sp³-hybridized carbons (Fsp3) is 0.316. The first-order valence-corrected chi connectivity index (χ1v) is 7.77. The summed E-state index contributed by atoms with van der Waals surface area (Å²) in [6.07, 6.45) is 0.0942. The lowest BCUT2D eigenvalue weighted by Crippen LogP contribution is -2.25. The number of benzene rings is 2. The standard InChI is InChI=1S/C19H23NO3/c1-4-14-5-9-16(10-6-14)20-19(22)13(2)18(21)15-7-11-17(23-3)12-8-15/h5-13,18,21H,4H2,1-3H3,(H,20,22)/t13-,18-/m1/s1. The Morgan fingerprint density at radius 2 is 1.74 bits per heavy atom. The smallest absolute Gasteiger partial charge is 0.230 e. The Morgan fingerprint density at radius 1 is 1.13 bits per heavy atom. The van der Waals surface area contributed by atoms with E-state index in [2.05, 4.69) is 12.2 Å². The third kappa shape index (κ3) is 4.33. The third-order valence-corrected chi connectivity index (χ3v) is 3.97. The molecule has 0 aliphatic heterocycles. The van der Waals surface area contributed by atoms with Gasteiger partial charge in [0, 0.05) is 5.69 Å². The van der Waals surface area contributed by atoms with Crippen molar-refractivity contribution in [3.05, 3.63) is 59.7 Å². The number of anilines is 1. The van der Waals surface area contributed by atoms with Gasteiger partial charge in [0.25, 0.3) is 0 Å². The molecule has 0 aliphatic carbocycles. The van der Waals surface area contributed by atoms with Crippen molar-refractivity contribution >= 4 is 11.6 Å². The molecule has 2 N–H and O–H groups in total. The lowest BCUT2D eigenvalue weighted by Gasteiger charge is -2.19. The van der Waals surface area contributed by atoms with Crippen LogP contribution in [0.3, 0.4) is 0 Å². The Balaban J connectivity index is 2.02. The minimum atomic E-state index is -0.865. The number of rotatable bonds is 6. The number of methoxy groups -OCH3 is 1. The molecule has 0 fully saturated rings. The summed E-state index contributed by atoms with van der Waals surface area (Å²) in [4.78, 5) is 12.3. The maximum Gasteiger partial charge on any atom is 0.230 e. The topological polar surface area (TPSA) is 58.6 Å². The average molecular weight is 313 g/mol. The minimum absolute atomic E-state index is 0.211. The van der Waals surface area contributed by atoms with Crippen molar-refractivity contribution in [3.63, 3.8) is 0 Å². The second-order valence-corrected chi connectivity index (χ2v) is 5.55. The van der Waals surface area contributed by atoms with E-state index in [1.807, 2.05) is 24.3 Å². The van der Waals surface area contributed by atoms with Crippen LogP contribution in [0.5, 0.6) is 5.75 Å². The molecule has 122 valence electrons. The van der Waals surface area contributed by atoms with Crippen molar-refractivity contribution in [2.45, 2.75) is 26.4 Å². The Kier molecular flexibility index (Phi) is 5.77. The van der Waals surface area contributed by atoms with E-state index in [0.29, 0.717) is 11.3 Å². The van der Waals surface area contributed by atoms with E-state index < -0.39 is 12.0 Å². The quantitative estimate of drug-likeness (QED) is 0.857. The van der Waals surface area contributed by atoms with Crippen molar-refractivity contribution in [1.82, 2.24) is 0 Å². The molecule has 4 nitrogen and oxygen atoms in total. The summed E-state index contributed by atoms with van der Waals surface area (Å²) in [6, 6.07) is 14.8. The first-order valence-electron chi connectivity index (χ1n) is 7.77. The molecule has 2 atom stereocenters. The zero-order valence-electron chi connectivity index (χ0n) is 13.7. The van der Waals surface area contributed by atoms with Gasteiger partial charge in [-0.05, 0) is 41.8 Å². The number of ether oxygens (including phenoxy) is 1. The molecule has 0 aliphatic rings. The van der Waals surface area contributed by atoms with Crippen LogP contribution in [-0.2, 0) is 11.2 Å². The van der Waals surface area contributed by atoms with Gasteiger partial charge in [0.1, 0.15) is 5.75 Å². The Labute approximate surface area is 137 Å². The van der Waals surface area contributed by atoms with Gasteiger partial charge in [0.2, 0.25) is 5.91 Å². The Morgan fingerprint density at radius 3 is 2.26 bits per heavy atom. The van der Waals surface area contributed by atoms with E-state index in [9.17, 15) is 9.90 Å². The maximum absolute atomic E-state index is 12.3. The highest BCUT2D eigenvalue weighted by molar-refractivity contribution is 5.92. The van der Waals surface area contributed by atoms with Crippen molar-refractivity contribution in [3.8, 4) is 5.75 Å².